The maximum Gasteiger partial charge on any atom is 0.164 e. The van der Waals surface area contributed by atoms with Gasteiger partial charge in [-0.2, -0.15) is 0 Å². The summed E-state index contributed by atoms with van der Waals surface area (Å²) in [7, 11) is 0. The lowest BCUT2D eigenvalue weighted by molar-refractivity contribution is 0.660. The van der Waals surface area contributed by atoms with E-state index in [2.05, 4.69) is 152 Å². The second-order valence-electron chi connectivity index (χ2n) is 15.7. The highest BCUT2D eigenvalue weighted by Crippen LogP contribution is 2.53. The van der Waals surface area contributed by atoms with E-state index < -0.39 is 0 Å². The number of hydrogen-bond acceptors (Lipinski definition) is 3. The molecule has 2 aromatic heterocycles. The third kappa shape index (κ3) is 5.48. The first kappa shape index (κ1) is 33.9. The zero-order chi connectivity index (χ0) is 38.8. The van der Waals surface area contributed by atoms with E-state index in [1.54, 1.807) is 0 Å². The Balaban J connectivity index is 1.01. The highest BCUT2D eigenvalue weighted by molar-refractivity contribution is 6.10. The van der Waals surface area contributed by atoms with E-state index in [1.807, 2.05) is 60.7 Å². The number of hydrogen-bond donors (Lipinski definition) is 0. The molecule has 0 amide bonds. The third-order valence-electron chi connectivity index (χ3n) is 11.9. The highest BCUT2D eigenvalue weighted by Gasteiger charge is 2.37. The molecule has 0 saturated carbocycles. The van der Waals surface area contributed by atoms with Crippen LogP contribution in [0.1, 0.15) is 25.0 Å². The van der Waals surface area contributed by atoms with Crippen molar-refractivity contribution in [2.24, 2.45) is 0 Å². The molecule has 4 heteroatoms. The topological polar surface area (TPSA) is 43.6 Å². The van der Waals surface area contributed by atoms with E-state index in [9.17, 15) is 0 Å². The number of fused-ring (bicyclic) bond motifs is 6. The van der Waals surface area contributed by atoms with Gasteiger partial charge in [0.05, 0.1) is 11.0 Å². The Bertz CT molecular complexity index is 3120. The molecular formula is C54H38N4. The number of aromatic nitrogens is 4. The van der Waals surface area contributed by atoms with E-state index in [4.69, 9.17) is 15.0 Å². The summed E-state index contributed by atoms with van der Waals surface area (Å²) >= 11 is 0. The average Bonchev–Trinajstić information content (AvgIpc) is 3.74. The van der Waals surface area contributed by atoms with Gasteiger partial charge in [0.2, 0.25) is 0 Å². The SMILES string of the molecule is CC1(C)c2cc(-c3ccc4c(c3)c3ccccc3n4-c3ccccc3)ccc2-c2c(-c3cccc(-c4nc(-c5ccccc5)nc(-c5ccccc5)n4)c3)cccc21. The van der Waals surface area contributed by atoms with Crippen LogP contribution in [-0.4, -0.2) is 19.5 Å². The van der Waals surface area contributed by atoms with Gasteiger partial charge >= 0.3 is 0 Å². The van der Waals surface area contributed by atoms with Crippen LogP contribution in [0.4, 0.5) is 0 Å². The second-order valence-corrected chi connectivity index (χ2v) is 15.7. The summed E-state index contributed by atoms with van der Waals surface area (Å²) in [5.41, 5.74) is 16.3. The van der Waals surface area contributed by atoms with Crippen LogP contribution in [0.5, 0.6) is 0 Å². The van der Waals surface area contributed by atoms with Crippen molar-refractivity contribution in [3.8, 4) is 73.2 Å². The molecule has 0 radical (unpaired) electrons. The Morgan fingerprint density at radius 3 is 1.64 bits per heavy atom. The molecular weight excluding hydrogens is 705 g/mol. The van der Waals surface area contributed by atoms with E-state index in [0.29, 0.717) is 17.5 Å². The summed E-state index contributed by atoms with van der Waals surface area (Å²) in [5.74, 6) is 1.96. The van der Waals surface area contributed by atoms with E-state index in [1.165, 1.54) is 66.4 Å². The van der Waals surface area contributed by atoms with Crippen molar-refractivity contribution in [3.63, 3.8) is 0 Å². The van der Waals surface area contributed by atoms with Gasteiger partial charge in [0, 0.05) is 38.6 Å². The normalized spacial score (nSPS) is 12.8. The zero-order valence-electron chi connectivity index (χ0n) is 32.3. The molecule has 4 nitrogen and oxygen atoms in total. The molecule has 11 rings (SSSR count). The van der Waals surface area contributed by atoms with Gasteiger partial charge in [0.25, 0.3) is 0 Å². The van der Waals surface area contributed by atoms with Gasteiger partial charge in [-0.1, -0.05) is 166 Å². The van der Waals surface area contributed by atoms with Crippen molar-refractivity contribution >= 4 is 21.8 Å². The van der Waals surface area contributed by atoms with Crippen LogP contribution in [0.25, 0.3) is 95.0 Å². The first-order chi connectivity index (χ1) is 28.5. The molecule has 0 aliphatic heterocycles. The lowest BCUT2D eigenvalue weighted by Gasteiger charge is -2.22. The predicted octanol–water partition coefficient (Wildman–Crippen LogP) is 13.6. The molecule has 274 valence electrons. The van der Waals surface area contributed by atoms with Crippen LogP contribution in [0.2, 0.25) is 0 Å². The monoisotopic (exact) mass is 742 g/mol. The molecule has 0 spiro atoms. The van der Waals surface area contributed by atoms with Crippen molar-refractivity contribution < 1.29 is 0 Å². The lowest BCUT2D eigenvalue weighted by Crippen LogP contribution is -2.15. The van der Waals surface area contributed by atoms with Crippen LogP contribution in [-0.2, 0) is 5.41 Å². The zero-order valence-corrected chi connectivity index (χ0v) is 32.3. The lowest BCUT2D eigenvalue weighted by atomic mass is 9.81. The van der Waals surface area contributed by atoms with Crippen LogP contribution >= 0.6 is 0 Å². The van der Waals surface area contributed by atoms with E-state index >= 15 is 0 Å². The molecule has 2 heterocycles. The van der Waals surface area contributed by atoms with Crippen LogP contribution in [0.3, 0.4) is 0 Å². The summed E-state index contributed by atoms with van der Waals surface area (Å²) in [5, 5.41) is 2.51. The summed E-state index contributed by atoms with van der Waals surface area (Å²) in [6.45, 7) is 4.72. The van der Waals surface area contributed by atoms with E-state index in [-0.39, 0.29) is 5.41 Å². The summed E-state index contributed by atoms with van der Waals surface area (Å²) in [6, 6.07) is 69.1. The molecule has 1 aliphatic carbocycles. The minimum absolute atomic E-state index is 0.189. The minimum Gasteiger partial charge on any atom is -0.309 e. The molecule has 1 aliphatic rings. The van der Waals surface area contributed by atoms with Crippen LogP contribution in [0, 0.1) is 0 Å². The number of para-hydroxylation sites is 2. The van der Waals surface area contributed by atoms with Gasteiger partial charge in [-0.15, -0.1) is 0 Å². The smallest absolute Gasteiger partial charge is 0.164 e. The maximum absolute atomic E-state index is 5.03. The quantitative estimate of drug-likeness (QED) is 0.170. The van der Waals surface area contributed by atoms with Gasteiger partial charge in [-0.3, -0.25) is 0 Å². The number of rotatable bonds is 6. The second kappa shape index (κ2) is 13.4. The van der Waals surface area contributed by atoms with Gasteiger partial charge < -0.3 is 4.57 Å². The fourth-order valence-electron chi connectivity index (χ4n) is 8.98. The van der Waals surface area contributed by atoms with Crippen molar-refractivity contribution in [3.05, 3.63) is 205 Å². The fraction of sp³-hybridized carbons (Fsp3) is 0.0556. The maximum atomic E-state index is 5.03. The third-order valence-corrected chi connectivity index (χ3v) is 11.9. The molecule has 8 aromatic carbocycles. The predicted molar refractivity (Wildman–Crippen MR) is 239 cm³/mol. The van der Waals surface area contributed by atoms with Crippen LogP contribution in [0.15, 0.2) is 194 Å². The van der Waals surface area contributed by atoms with Gasteiger partial charge in [-0.25, -0.2) is 15.0 Å². The Morgan fingerprint density at radius 2 is 0.914 bits per heavy atom. The average molecular weight is 743 g/mol. The molecule has 0 bridgehead atoms. The first-order valence-electron chi connectivity index (χ1n) is 19.9. The molecule has 0 N–H and O–H groups in total. The number of benzene rings is 8. The fourth-order valence-corrected chi connectivity index (χ4v) is 8.98. The molecule has 58 heavy (non-hydrogen) atoms. The highest BCUT2D eigenvalue weighted by atomic mass is 15.0. The van der Waals surface area contributed by atoms with E-state index in [0.717, 1.165) is 22.3 Å². The Labute approximate surface area is 337 Å². The largest absolute Gasteiger partial charge is 0.309 e. The molecule has 0 unspecified atom stereocenters. The Kier molecular flexibility index (Phi) is 7.80. The Hall–Kier alpha value is -7.43. The van der Waals surface area contributed by atoms with Crippen molar-refractivity contribution in [2.45, 2.75) is 19.3 Å². The first-order valence-corrected chi connectivity index (χ1v) is 19.9. The van der Waals surface area contributed by atoms with Gasteiger partial charge in [-0.05, 0) is 87.0 Å². The summed E-state index contributed by atoms with van der Waals surface area (Å²) in [4.78, 5) is 15.0. The van der Waals surface area contributed by atoms with Crippen molar-refractivity contribution in [1.29, 1.82) is 0 Å². The van der Waals surface area contributed by atoms with Gasteiger partial charge in [0.1, 0.15) is 0 Å². The van der Waals surface area contributed by atoms with Crippen molar-refractivity contribution in [1.82, 2.24) is 19.5 Å². The van der Waals surface area contributed by atoms with Gasteiger partial charge in [0.15, 0.2) is 17.5 Å². The molecule has 0 saturated heterocycles. The van der Waals surface area contributed by atoms with Crippen molar-refractivity contribution in [2.75, 3.05) is 0 Å². The molecule has 0 fully saturated rings. The minimum atomic E-state index is -0.189. The molecule has 10 aromatic rings. The number of nitrogens with zero attached hydrogens (tertiary/aromatic N) is 4. The summed E-state index contributed by atoms with van der Waals surface area (Å²) in [6.07, 6.45) is 0. The standard InChI is InChI=1S/C54H38N4/c1-54(2)46-26-15-25-42(39-20-14-21-40(32-39)53-56-51(35-16-6-3-7-17-35)55-52(57-53)36-18-8-4-9-19-36)50(46)44-30-28-38(34-47(44)54)37-29-31-49-45(33-37)43-24-12-13-27-48(43)58(49)41-22-10-5-11-23-41/h3-34H,1-2H3. The van der Waals surface area contributed by atoms with Crippen LogP contribution < -0.4 is 0 Å². The molecule has 0 atom stereocenters. The Morgan fingerprint density at radius 1 is 0.362 bits per heavy atom. The summed E-state index contributed by atoms with van der Waals surface area (Å²) < 4.78 is 2.37.